The molecule has 4 aromatic carbocycles. The molecule has 42 heavy (non-hydrogen) atoms. The molecule has 2 aliphatic heterocycles. The molecule has 0 unspecified atom stereocenters. The van der Waals surface area contributed by atoms with Crippen LogP contribution in [-0.4, -0.2) is 5.78 Å². The Hall–Kier alpha value is -4.45. The maximum atomic E-state index is 14.6. The van der Waals surface area contributed by atoms with Gasteiger partial charge in [0.1, 0.15) is 0 Å². The van der Waals surface area contributed by atoms with Crippen LogP contribution in [0.4, 0.5) is 0 Å². The van der Waals surface area contributed by atoms with E-state index in [1.165, 1.54) is 0 Å². The van der Waals surface area contributed by atoms with Gasteiger partial charge in [0.05, 0.1) is 0 Å². The molecule has 0 saturated carbocycles. The highest BCUT2D eigenvalue weighted by molar-refractivity contribution is 9.10. The van der Waals surface area contributed by atoms with Crippen molar-refractivity contribution in [1.82, 2.24) is 10.6 Å². The van der Waals surface area contributed by atoms with Crippen molar-refractivity contribution in [1.29, 1.82) is 0 Å². The summed E-state index contributed by atoms with van der Waals surface area (Å²) in [4.78, 5) is 14.6. The molecular weight excluding hydrogens is 648 g/mol. The number of carbonyl (C=O) groups excluding carboxylic acids is 1. The molecule has 2 N–H and O–H groups in total. The molecule has 2 heterocycles. The smallest absolute Gasteiger partial charge is 0.195 e. The van der Waals surface area contributed by atoms with E-state index in [2.05, 4.69) is 91.0 Å². The summed E-state index contributed by atoms with van der Waals surface area (Å²) in [5.41, 5.74) is 11.0. The molecule has 0 aromatic heterocycles. The van der Waals surface area contributed by atoms with Crippen LogP contribution in [0.1, 0.15) is 27.0 Å². The van der Waals surface area contributed by atoms with Crippen molar-refractivity contribution in [2.24, 2.45) is 0 Å². The van der Waals surface area contributed by atoms with Crippen LogP contribution in [0.15, 0.2) is 143 Å². The molecule has 0 spiro atoms. The van der Waals surface area contributed by atoms with E-state index in [1.54, 1.807) is 0 Å². The second-order valence-electron chi connectivity index (χ2n) is 10.2. The molecule has 3 nitrogen and oxygen atoms in total. The van der Waals surface area contributed by atoms with Crippen LogP contribution in [-0.2, 0) is 0 Å². The van der Waals surface area contributed by atoms with Gasteiger partial charge in [-0.1, -0.05) is 80.4 Å². The first-order valence-electron chi connectivity index (χ1n) is 13.6. The Morgan fingerprint density at radius 2 is 0.929 bits per heavy atom. The maximum Gasteiger partial charge on any atom is 0.195 e. The quantitative estimate of drug-likeness (QED) is 0.200. The number of hydrogen-bond acceptors (Lipinski definition) is 3. The van der Waals surface area contributed by atoms with Crippen LogP contribution in [0.5, 0.6) is 0 Å². The van der Waals surface area contributed by atoms with Gasteiger partial charge in [-0.15, -0.1) is 0 Å². The number of nitrogens with one attached hydrogen (secondary N) is 2. The fraction of sp³-hybridized carbons (Fsp3) is 0. The zero-order valence-electron chi connectivity index (χ0n) is 22.4. The van der Waals surface area contributed by atoms with E-state index in [0.29, 0.717) is 11.1 Å². The predicted molar refractivity (Wildman–Crippen MR) is 180 cm³/mol. The second-order valence-corrected chi connectivity index (χ2v) is 12.0. The number of benzene rings is 4. The first-order valence-corrected chi connectivity index (χ1v) is 15.2. The van der Waals surface area contributed by atoms with Gasteiger partial charge in [-0.2, -0.15) is 0 Å². The zero-order chi connectivity index (χ0) is 28.6. The summed E-state index contributed by atoms with van der Waals surface area (Å²) in [5.74, 6) is 0.0198. The van der Waals surface area contributed by atoms with E-state index in [0.717, 1.165) is 64.8 Å². The van der Waals surface area contributed by atoms with Gasteiger partial charge in [0.2, 0.25) is 0 Å². The van der Waals surface area contributed by atoms with E-state index in [1.807, 2.05) is 85.3 Å². The van der Waals surface area contributed by atoms with Crippen molar-refractivity contribution in [2.75, 3.05) is 0 Å². The van der Waals surface area contributed by atoms with Crippen molar-refractivity contribution >= 4 is 49.0 Å². The van der Waals surface area contributed by atoms with Crippen LogP contribution in [0.3, 0.4) is 0 Å². The molecule has 3 aliphatic rings. The fourth-order valence-corrected chi connectivity index (χ4v) is 6.47. The van der Waals surface area contributed by atoms with Gasteiger partial charge in [0.15, 0.2) is 5.78 Å². The summed E-state index contributed by atoms with van der Waals surface area (Å²) >= 11 is 7.28. The number of fused-ring (bicyclic) bond motifs is 3. The monoisotopic (exact) mass is 670 g/mol. The van der Waals surface area contributed by atoms with Gasteiger partial charge in [-0.25, -0.2) is 0 Å². The largest absolute Gasteiger partial charge is 0.361 e. The van der Waals surface area contributed by atoms with Crippen molar-refractivity contribution in [2.45, 2.75) is 0 Å². The van der Waals surface area contributed by atoms with Crippen molar-refractivity contribution in [3.05, 3.63) is 165 Å². The second kappa shape index (κ2) is 11.1. The first-order chi connectivity index (χ1) is 20.6. The maximum absolute atomic E-state index is 14.6. The Bertz CT molecular complexity index is 1830. The average Bonchev–Trinajstić information content (AvgIpc) is 3.30. The zero-order valence-corrected chi connectivity index (χ0v) is 25.5. The SMILES string of the molecule is O=C1c2c(C3=CC=CC=CN3)cc(-c3cccc(Br)c3)cc2-c2cc(-c3cccc(Br)c3)cc(C3=CC=CC=CN3)c21. The molecule has 0 fully saturated rings. The van der Waals surface area contributed by atoms with Crippen molar-refractivity contribution in [3.63, 3.8) is 0 Å². The highest BCUT2D eigenvalue weighted by atomic mass is 79.9. The number of rotatable bonds is 4. The van der Waals surface area contributed by atoms with Crippen molar-refractivity contribution < 1.29 is 4.79 Å². The minimum atomic E-state index is 0.0198. The van der Waals surface area contributed by atoms with Gasteiger partial charge < -0.3 is 10.6 Å². The predicted octanol–water partition coefficient (Wildman–Crippen LogP) is 9.78. The molecule has 0 bridgehead atoms. The summed E-state index contributed by atoms with van der Waals surface area (Å²) in [6.07, 6.45) is 19.7. The van der Waals surface area contributed by atoms with E-state index in [4.69, 9.17) is 0 Å². The number of halogens is 2. The van der Waals surface area contributed by atoms with Crippen LogP contribution < -0.4 is 10.6 Å². The first kappa shape index (κ1) is 26.4. The molecular formula is C37H24Br2N2O. The topological polar surface area (TPSA) is 41.1 Å². The van der Waals surface area contributed by atoms with Crippen LogP contribution in [0.25, 0.3) is 44.8 Å². The molecule has 202 valence electrons. The highest BCUT2D eigenvalue weighted by Crippen LogP contribution is 2.47. The minimum absolute atomic E-state index is 0.0198. The third kappa shape index (κ3) is 4.85. The summed E-state index contributed by atoms with van der Waals surface area (Å²) in [5, 5.41) is 6.81. The lowest BCUT2D eigenvalue weighted by molar-refractivity contribution is 0.104. The Labute approximate surface area is 261 Å². The van der Waals surface area contributed by atoms with Gasteiger partial charge >= 0.3 is 0 Å². The van der Waals surface area contributed by atoms with Gasteiger partial charge in [-0.05, 0) is 106 Å². The van der Waals surface area contributed by atoms with Crippen LogP contribution in [0.2, 0.25) is 0 Å². The van der Waals surface area contributed by atoms with Crippen LogP contribution in [0, 0.1) is 0 Å². The summed E-state index contributed by atoms with van der Waals surface area (Å²) in [6, 6.07) is 25.1. The summed E-state index contributed by atoms with van der Waals surface area (Å²) in [6.45, 7) is 0. The molecule has 0 amide bonds. The van der Waals surface area contributed by atoms with Gasteiger partial charge in [0, 0.05) is 55.0 Å². The Balaban J connectivity index is 1.54. The normalized spacial score (nSPS) is 14.8. The standard InChI is InChI=1S/C37H24Br2N2O/c38-27-11-7-9-23(17-27)25-19-29-30-20-26(24-10-8-12-28(39)18-24)22-32(34-14-4-2-6-16-41-34)36(30)37(42)35(29)31(21-25)33-13-3-1-5-15-40-33/h1-22,40-41H. The van der Waals surface area contributed by atoms with E-state index in [9.17, 15) is 4.79 Å². The number of hydrogen-bond donors (Lipinski definition) is 2. The lowest BCUT2D eigenvalue weighted by atomic mass is 9.91. The van der Waals surface area contributed by atoms with Gasteiger partial charge in [0.25, 0.3) is 0 Å². The minimum Gasteiger partial charge on any atom is -0.361 e. The van der Waals surface area contributed by atoms with Crippen LogP contribution >= 0.6 is 31.9 Å². The molecule has 5 heteroatoms. The molecule has 0 saturated heterocycles. The van der Waals surface area contributed by atoms with Crippen molar-refractivity contribution in [3.8, 4) is 33.4 Å². The van der Waals surface area contributed by atoms with E-state index >= 15 is 0 Å². The lowest BCUT2D eigenvalue weighted by Crippen LogP contribution is -2.11. The molecule has 4 aromatic rings. The average molecular weight is 672 g/mol. The number of ketones is 1. The molecule has 7 rings (SSSR count). The molecule has 0 radical (unpaired) electrons. The highest BCUT2D eigenvalue weighted by Gasteiger charge is 2.34. The number of carbonyl (C=O) groups is 1. The lowest BCUT2D eigenvalue weighted by Gasteiger charge is -2.15. The third-order valence-corrected chi connectivity index (χ3v) is 8.54. The summed E-state index contributed by atoms with van der Waals surface area (Å²) < 4.78 is 2.01. The van der Waals surface area contributed by atoms with E-state index in [-0.39, 0.29) is 5.78 Å². The third-order valence-electron chi connectivity index (χ3n) is 7.56. The molecule has 1 aliphatic carbocycles. The fourth-order valence-electron chi connectivity index (χ4n) is 5.67. The summed E-state index contributed by atoms with van der Waals surface area (Å²) in [7, 11) is 0. The Kier molecular flexibility index (Phi) is 6.98. The number of allylic oxidation sites excluding steroid dienone is 8. The molecule has 0 atom stereocenters. The Morgan fingerprint density at radius 1 is 0.476 bits per heavy atom. The van der Waals surface area contributed by atoms with Gasteiger partial charge in [-0.3, -0.25) is 4.79 Å². The van der Waals surface area contributed by atoms with E-state index < -0.39 is 0 Å². The Morgan fingerprint density at radius 3 is 1.38 bits per heavy atom.